The number of hydrogen-bond acceptors (Lipinski definition) is 2. The van der Waals surface area contributed by atoms with E-state index in [-0.39, 0.29) is 18.3 Å². The third-order valence-corrected chi connectivity index (χ3v) is 2.39. The molecule has 1 heterocycles. The van der Waals surface area contributed by atoms with Gasteiger partial charge >= 0.3 is 0 Å². The highest BCUT2D eigenvalue weighted by molar-refractivity contribution is 5.02. The zero-order valence-corrected chi connectivity index (χ0v) is 8.13. The summed E-state index contributed by atoms with van der Waals surface area (Å²) in [5.74, 6) is 0. The van der Waals surface area contributed by atoms with Gasteiger partial charge in [0.05, 0.1) is 12.2 Å². The Hall–Kier alpha value is -0.340. The molecular formula is C10H18O2. The first-order valence-corrected chi connectivity index (χ1v) is 4.50. The molecule has 70 valence electrons. The Bertz CT molecular complexity index is 182. The van der Waals surface area contributed by atoms with E-state index in [9.17, 15) is 0 Å². The van der Waals surface area contributed by atoms with Crippen molar-refractivity contribution in [3.63, 3.8) is 0 Å². The molecule has 1 unspecified atom stereocenters. The van der Waals surface area contributed by atoms with E-state index in [1.54, 1.807) is 0 Å². The van der Waals surface area contributed by atoms with Gasteiger partial charge in [-0.3, -0.25) is 0 Å². The predicted molar refractivity (Wildman–Crippen MR) is 49.0 cm³/mol. The lowest BCUT2D eigenvalue weighted by Gasteiger charge is -2.02. The molecule has 1 aliphatic rings. The topological polar surface area (TPSA) is 32.8 Å². The molecule has 0 saturated carbocycles. The van der Waals surface area contributed by atoms with Gasteiger partial charge in [-0.2, -0.15) is 0 Å². The molecule has 0 aromatic heterocycles. The molecule has 1 aliphatic heterocycles. The largest absolute Gasteiger partial charge is 0.394 e. The predicted octanol–water partition coefficient (Wildman–Crippen LogP) is 1.88. The highest BCUT2D eigenvalue weighted by atomic mass is 16.6. The number of rotatable bonds is 4. The fourth-order valence-corrected chi connectivity index (χ4v) is 1.39. The van der Waals surface area contributed by atoms with Gasteiger partial charge < -0.3 is 9.84 Å². The zero-order chi connectivity index (χ0) is 9.19. The lowest BCUT2D eigenvalue weighted by molar-refractivity contribution is 0.235. The maximum Gasteiger partial charge on any atom is 0.110 e. The molecular weight excluding hydrogens is 152 g/mol. The molecule has 1 N–H and O–H groups in total. The maximum atomic E-state index is 8.81. The normalized spacial score (nSPS) is 33.2. The van der Waals surface area contributed by atoms with Gasteiger partial charge in [0.15, 0.2) is 0 Å². The Balaban J connectivity index is 2.21. The van der Waals surface area contributed by atoms with Gasteiger partial charge in [-0.05, 0) is 33.6 Å². The summed E-state index contributed by atoms with van der Waals surface area (Å²) in [7, 11) is 0. The second-order valence-corrected chi connectivity index (χ2v) is 3.92. The second kappa shape index (κ2) is 3.58. The minimum atomic E-state index is -0.0410. The van der Waals surface area contributed by atoms with Crippen LogP contribution < -0.4 is 0 Å². The van der Waals surface area contributed by atoms with Crippen LogP contribution in [0.15, 0.2) is 11.6 Å². The Morgan fingerprint density at radius 2 is 2.25 bits per heavy atom. The highest BCUT2D eigenvalue weighted by Crippen LogP contribution is 2.39. The third-order valence-electron chi connectivity index (χ3n) is 2.39. The Labute approximate surface area is 74.2 Å². The smallest absolute Gasteiger partial charge is 0.110 e. The van der Waals surface area contributed by atoms with Crippen LogP contribution >= 0.6 is 0 Å². The summed E-state index contributed by atoms with van der Waals surface area (Å²) in [4.78, 5) is 0. The van der Waals surface area contributed by atoms with Crippen molar-refractivity contribution < 1.29 is 9.84 Å². The lowest BCUT2D eigenvalue weighted by Crippen LogP contribution is -2.11. The van der Waals surface area contributed by atoms with Gasteiger partial charge in [-0.1, -0.05) is 11.6 Å². The van der Waals surface area contributed by atoms with E-state index in [1.165, 1.54) is 5.57 Å². The summed E-state index contributed by atoms with van der Waals surface area (Å²) in [6.45, 7) is 6.41. The molecule has 1 rings (SSSR count). The van der Waals surface area contributed by atoms with Crippen LogP contribution in [-0.2, 0) is 4.74 Å². The first-order chi connectivity index (χ1) is 5.58. The molecule has 0 aromatic rings. The Morgan fingerprint density at radius 1 is 1.58 bits per heavy atom. The fourth-order valence-electron chi connectivity index (χ4n) is 1.39. The number of aliphatic hydroxyl groups excluding tert-OH is 1. The van der Waals surface area contributed by atoms with Crippen molar-refractivity contribution in [1.82, 2.24) is 0 Å². The van der Waals surface area contributed by atoms with E-state index < -0.39 is 0 Å². The maximum absolute atomic E-state index is 8.81. The molecule has 0 spiro atoms. The van der Waals surface area contributed by atoms with E-state index in [0.29, 0.717) is 0 Å². The van der Waals surface area contributed by atoms with Crippen LogP contribution in [0.1, 0.15) is 33.6 Å². The van der Waals surface area contributed by atoms with Gasteiger partial charge in [0.1, 0.15) is 6.10 Å². The average Bonchev–Trinajstić information content (AvgIpc) is 2.61. The Morgan fingerprint density at radius 3 is 2.67 bits per heavy atom. The van der Waals surface area contributed by atoms with Gasteiger partial charge in [-0.25, -0.2) is 0 Å². The van der Waals surface area contributed by atoms with Crippen molar-refractivity contribution in [3.05, 3.63) is 11.6 Å². The zero-order valence-electron chi connectivity index (χ0n) is 8.13. The third kappa shape index (κ3) is 2.32. The number of aliphatic hydroxyl groups is 1. The van der Waals surface area contributed by atoms with Crippen molar-refractivity contribution in [2.75, 3.05) is 6.61 Å². The van der Waals surface area contributed by atoms with Crippen LogP contribution in [-0.4, -0.2) is 23.4 Å². The molecule has 2 nitrogen and oxygen atoms in total. The van der Waals surface area contributed by atoms with E-state index >= 15 is 0 Å². The SMILES string of the molecule is CC(C)=CCCC1(C)O[C@H]1CO. The summed E-state index contributed by atoms with van der Waals surface area (Å²) in [6.07, 6.45) is 4.36. The minimum absolute atomic E-state index is 0.0410. The van der Waals surface area contributed by atoms with Crippen molar-refractivity contribution in [3.8, 4) is 0 Å². The molecule has 0 aromatic carbocycles. The van der Waals surface area contributed by atoms with Gasteiger partial charge in [0.2, 0.25) is 0 Å². The number of ether oxygens (including phenoxy) is 1. The summed E-state index contributed by atoms with van der Waals surface area (Å²) in [5.41, 5.74) is 1.31. The minimum Gasteiger partial charge on any atom is -0.394 e. The van der Waals surface area contributed by atoms with Crippen molar-refractivity contribution in [1.29, 1.82) is 0 Å². The lowest BCUT2D eigenvalue weighted by atomic mass is 10.0. The summed E-state index contributed by atoms with van der Waals surface area (Å²) in [5, 5.41) is 8.81. The van der Waals surface area contributed by atoms with Crippen molar-refractivity contribution in [2.45, 2.75) is 45.3 Å². The van der Waals surface area contributed by atoms with Crippen LogP contribution in [0.5, 0.6) is 0 Å². The van der Waals surface area contributed by atoms with Gasteiger partial charge in [0.25, 0.3) is 0 Å². The van der Waals surface area contributed by atoms with E-state index in [1.807, 2.05) is 0 Å². The van der Waals surface area contributed by atoms with Crippen LogP contribution in [0.2, 0.25) is 0 Å². The fraction of sp³-hybridized carbons (Fsp3) is 0.800. The van der Waals surface area contributed by atoms with Crippen LogP contribution in [0.25, 0.3) is 0 Å². The molecule has 12 heavy (non-hydrogen) atoms. The summed E-state index contributed by atoms with van der Waals surface area (Å²) < 4.78 is 5.36. The number of allylic oxidation sites excluding steroid dienone is 2. The van der Waals surface area contributed by atoms with Crippen LogP contribution in [0.3, 0.4) is 0 Å². The van der Waals surface area contributed by atoms with Crippen LogP contribution in [0.4, 0.5) is 0 Å². The van der Waals surface area contributed by atoms with E-state index in [2.05, 4.69) is 26.8 Å². The highest BCUT2D eigenvalue weighted by Gasteiger charge is 2.50. The number of hydrogen-bond donors (Lipinski definition) is 1. The molecule has 0 radical (unpaired) electrons. The van der Waals surface area contributed by atoms with Crippen molar-refractivity contribution >= 4 is 0 Å². The quantitative estimate of drug-likeness (QED) is 0.516. The second-order valence-electron chi connectivity index (χ2n) is 3.92. The molecule has 2 heteroatoms. The molecule has 2 atom stereocenters. The first kappa shape index (κ1) is 9.75. The van der Waals surface area contributed by atoms with Crippen molar-refractivity contribution in [2.24, 2.45) is 0 Å². The first-order valence-electron chi connectivity index (χ1n) is 4.50. The molecule has 0 bridgehead atoms. The van der Waals surface area contributed by atoms with Crippen LogP contribution in [0, 0.1) is 0 Å². The monoisotopic (exact) mass is 170 g/mol. The number of epoxide rings is 1. The van der Waals surface area contributed by atoms with Gasteiger partial charge in [-0.15, -0.1) is 0 Å². The van der Waals surface area contributed by atoms with Gasteiger partial charge in [0, 0.05) is 0 Å². The molecule has 1 saturated heterocycles. The Kier molecular flexibility index (Phi) is 2.91. The molecule has 1 fully saturated rings. The summed E-state index contributed by atoms with van der Waals surface area (Å²) >= 11 is 0. The molecule has 0 aliphatic carbocycles. The summed E-state index contributed by atoms with van der Waals surface area (Å²) in [6, 6.07) is 0. The van der Waals surface area contributed by atoms with E-state index in [0.717, 1.165) is 12.8 Å². The van der Waals surface area contributed by atoms with E-state index in [4.69, 9.17) is 9.84 Å². The average molecular weight is 170 g/mol. The molecule has 0 amide bonds. The standard InChI is InChI=1S/C10H18O2/c1-8(2)5-4-6-10(3)9(7-11)12-10/h5,9,11H,4,6-7H2,1-3H3/t9-,10?/m0/s1.